The zero-order valence-corrected chi connectivity index (χ0v) is 16.7. The Morgan fingerprint density at radius 2 is 2.12 bits per heavy atom. The molecule has 1 unspecified atom stereocenters. The molecule has 2 heterocycles. The fourth-order valence-corrected chi connectivity index (χ4v) is 5.52. The Labute approximate surface area is 165 Å². The van der Waals surface area contributed by atoms with Crippen LogP contribution in [0.4, 0.5) is 0 Å². The van der Waals surface area contributed by atoms with E-state index in [1.165, 1.54) is 28.6 Å². The van der Waals surface area contributed by atoms with Crippen molar-refractivity contribution in [2.75, 3.05) is 5.75 Å². The summed E-state index contributed by atoms with van der Waals surface area (Å²) in [6.07, 6.45) is 5.04. The maximum absolute atomic E-state index is 12.4. The summed E-state index contributed by atoms with van der Waals surface area (Å²) in [6, 6.07) is 7.48. The van der Waals surface area contributed by atoms with Gasteiger partial charge in [0.25, 0.3) is 0 Å². The van der Waals surface area contributed by atoms with Gasteiger partial charge in [-0.25, -0.2) is 9.97 Å². The minimum Gasteiger partial charge on any atom is -0.349 e. The van der Waals surface area contributed by atoms with Crippen molar-refractivity contribution >= 4 is 50.8 Å². The first-order chi connectivity index (χ1) is 12.6. The monoisotopic (exact) mass is 403 g/mol. The number of hydrogen-bond donors (Lipinski definition) is 1. The molecule has 4 nitrogen and oxygen atoms in total. The number of nitrogens with zero attached hydrogens (tertiary/aromatic N) is 2. The first-order valence-electron chi connectivity index (χ1n) is 8.54. The molecule has 1 atom stereocenters. The van der Waals surface area contributed by atoms with Gasteiger partial charge in [-0.2, -0.15) is 0 Å². The number of carbonyl (C=O) groups excluding carboxylic acids is 1. The molecular formula is C19H18ClN3OS2. The molecule has 3 aromatic rings. The van der Waals surface area contributed by atoms with Crippen LogP contribution in [0.3, 0.4) is 0 Å². The number of benzene rings is 1. The second-order valence-electron chi connectivity index (χ2n) is 6.35. The Balaban J connectivity index is 1.43. The highest BCUT2D eigenvalue weighted by Crippen LogP contribution is 2.39. The Morgan fingerprint density at radius 3 is 2.92 bits per heavy atom. The van der Waals surface area contributed by atoms with Gasteiger partial charge in [0.15, 0.2) is 0 Å². The molecule has 0 bridgehead atoms. The normalized spacial score (nSPS) is 14.4. The standard InChI is InChI=1S/C19H18ClN3OS2/c1-11(12-5-7-13(20)8-6-12)23-16(24)9-25-18-17-14-3-2-4-15(14)26-19(17)22-10-21-18/h5-8,10-11H,2-4,9H2,1H3,(H,23,24). The van der Waals surface area contributed by atoms with E-state index in [0.29, 0.717) is 10.8 Å². The third-order valence-electron chi connectivity index (χ3n) is 4.55. The lowest BCUT2D eigenvalue weighted by Crippen LogP contribution is -2.28. The van der Waals surface area contributed by atoms with Crippen LogP contribution in [0.1, 0.15) is 35.4 Å². The highest BCUT2D eigenvalue weighted by Gasteiger charge is 2.21. The molecule has 0 spiro atoms. The summed E-state index contributed by atoms with van der Waals surface area (Å²) < 4.78 is 0. The van der Waals surface area contributed by atoms with E-state index in [4.69, 9.17) is 11.6 Å². The van der Waals surface area contributed by atoms with Crippen LogP contribution in [-0.4, -0.2) is 21.6 Å². The molecule has 1 aromatic carbocycles. The van der Waals surface area contributed by atoms with Gasteiger partial charge >= 0.3 is 0 Å². The van der Waals surface area contributed by atoms with Gasteiger partial charge in [0.1, 0.15) is 16.2 Å². The van der Waals surface area contributed by atoms with E-state index in [9.17, 15) is 4.79 Å². The lowest BCUT2D eigenvalue weighted by Gasteiger charge is -2.14. The minimum atomic E-state index is -0.0591. The summed E-state index contributed by atoms with van der Waals surface area (Å²) in [6.45, 7) is 1.97. The number of carbonyl (C=O) groups is 1. The van der Waals surface area contributed by atoms with E-state index in [-0.39, 0.29) is 11.9 Å². The van der Waals surface area contributed by atoms with Crippen molar-refractivity contribution in [1.82, 2.24) is 15.3 Å². The zero-order valence-electron chi connectivity index (χ0n) is 14.3. The lowest BCUT2D eigenvalue weighted by atomic mass is 10.1. The van der Waals surface area contributed by atoms with Crippen molar-refractivity contribution in [3.05, 3.63) is 51.6 Å². The van der Waals surface area contributed by atoms with Crippen LogP contribution in [0.2, 0.25) is 5.02 Å². The first kappa shape index (κ1) is 17.8. The topological polar surface area (TPSA) is 54.9 Å². The second-order valence-corrected chi connectivity index (χ2v) is 8.83. The van der Waals surface area contributed by atoms with Crippen LogP contribution < -0.4 is 5.32 Å². The van der Waals surface area contributed by atoms with Gasteiger partial charge in [-0.15, -0.1) is 11.3 Å². The molecule has 1 aliphatic carbocycles. The fourth-order valence-electron chi connectivity index (χ4n) is 3.26. The highest BCUT2D eigenvalue weighted by molar-refractivity contribution is 8.00. The summed E-state index contributed by atoms with van der Waals surface area (Å²) in [4.78, 5) is 23.7. The van der Waals surface area contributed by atoms with Crippen molar-refractivity contribution in [3.63, 3.8) is 0 Å². The maximum atomic E-state index is 12.4. The molecular weight excluding hydrogens is 386 g/mol. The van der Waals surface area contributed by atoms with Crippen LogP contribution in [0.5, 0.6) is 0 Å². The van der Waals surface area contributed by atoms with Gasteiger partial charge in [-0.1, -0.05) is 35.5 Å². The van der Waals surface area contributed by atoms with E-state index in [1.807, 2.05) is 31.2 Å². The minimum absolute atomic E-state index is 0.00362. The molecule has 0 saturated heterocycles. The first-order valence-corrected chi connectivity index (χ1v) is 10.7. The Hall–Kier alpha value is -1.63. The van der Waals surface area contributed by atoms with Crippen molar-refractivity contribution in [2.24, 2.45) is 0 Å². The number of fused-ring (bicyclic) bond motifs is 3. The quantitative estimate of drug-likeness (QED) is 0.491. The number of nitrogens with one attached hydrogen (secondary N) is 1. The molecule has 7 heteroatoms. The van der Waals surface area contributed by atoms with E-state index >= 15 is 0 Å². The number of hydrogen-bond acceptors (Lipinski definition) is 5. The van der Waals surface area contributed by atoms with E-state index in [2.05, 4.69) is 15.3 Å². The predicted octanol–water partition coefficient (Wildman–Crippen LogP) is 4.80. The van der Waals surface area contributed by atoms with E-state index in [0.717, 1.165) is 33.6 Å². The number of halogens is 1. The molecule has 26 heavy (non-hydrogen) atoms. The van der Waals surface area contributed by atoms with Gasteiger partial charge in [-0.3, -0.25) is 4.79 Å². The number of amides is 1. The van der Waals surface area contributed by atoms with Crippen molar-refractivity contribution < 1.29 is 4.79 Å². The zero-order chi connectivity index (χ0) is 18.1. The molecule has 1 aliphatic rings. The van der Waals surface area contributed by atoms with Crippen LogP contribution in [-0.2, 0) is 17.6 Å². The third kappa shape index (κ3) is 3.59. The maximum Gasteiger partial charge on any atom is 0.230 e. The molecule has 4 rings (SSSR count). The lowest BCUT2D eigenvalue weighted by molar-refractivity contribution is -0.119. The average molecular weight is 404 g/mol. The number of thiophene rings is 1. The van der Waals surface area contributed by atoms with Crippen LogP contribution in [0.15, 0.2) is 35.6 Å². The predicted molar refractivity (Wildman–Crippen MR) is 108 cm³/mol. The van der Waals surface area contributed by atoms with Crippen LogP contribution in [0, 0.1) is 0 Å². The molecule has 0 radical (unpaired) electrons. The van der Waals surface area contributed by atoms with Crippen molar-refractivity contribution in [3.8, 4) is 0 Å². The number of aryl methyl sites for hydroxylation is 2. The summed E-state index contributed by atoms with van der Waals surface area (Å²) >= 11 is 9.18. The third-order valence-corrected chi connectivity index (χ3v) is 7.00. The van der Waals surface area contributed by atoms with Gasteiger partial charge in [0, 0.05) is 15.3 Å². The Bertz CT molecular complexity index is 955. The molecule has 2 aromatic heterocycles. The second kappa shape index (κ2) is 7.55. The SMILES string of the molecule is CC(NC(=O)CSc1ncnc2sc3c(c12)CCC3)c1ccc(Cl)cc1. The van der Waals surface area contributed by atoms with Gasteiger partial charge < -0.3 is 5.32 Å². The van der Waals surface area contributed by atoms with E-state index < -0.39 is 0 Å². The number of rotatable bonds is 5. The van der Waals surface area contributed by atoms with Crippen LogP contribution in [0.25, 0.3) is 10.2 Å². The highest BCUT2D eigenvalue weighted by atomic mass is 35.5. The number of thioether (sulfide) groups is 1. The molecule has 0 saturated carbocycles. The van der Waals surface area contributed by atoms with E-state index in [1.54, 1.807) is 17.7 Å². The van der Waals surface area contributed by atoms with Gasteiger partial charge in [-0.05, 0) is 49.4 Å². The molecule has 1 amide bonds. The van der Waals surface area contributed by atoms with Gasteiger partial charge in [0.2, 0.25) is 5.91 Å². The molecule has 134 valence electrons. The fraction of sp³-hybridized carbons (Fsp3) is 0.316. The average Bonchev–Trinajstić information content (AvgIpc) is 3.21. The number of aromatic nitrogens is 2. The molecule has 0 fully saturated rings. The van der Waals surface area contributed by atoms with Gasteiger partial charge in [0.05, 0.1) is 11.8 Å². The Kier molecular flexibility index (Phi) is 5.16. The smallest absolute Gasteiger partial charge is 0.230 e. The molecule has 1 N–H and O–H groups in total. The van der Waals surface area contributed by atoms with Crippen molar-refractivity contribution in [2.45, 2.75) is 37.3 Å². The van der Waals surface area contributed by atoms with Crippen molar-refractivity contribution in [1.29, 1.82) is 0 Å². The summed E-state index contributed by atoms with van der Waals surface area (Å²) in [5.41, 5.74) is 2.43. The summed E-state index contributed by atoms with van der Waals surface area (Å²) in [5, 5.41) is 5.81. The summed E-state index contributed by atoms with van der Waals surface area (Å²) in [5.74, 6) is 0.338. The Morgan fingerprint density at radius 1 is 1.31 bits per heavy atom. The summed E-state index contributed by atoms with van der Waals surface area (Å²) in [7, 11) is 0. The largest absolute Gasteiger partial charge is 0.349 e. The molecule has 0 aliphatic heterocycles. The van der Waals surface area contributed by atoms with Crippen LogP contribution >= 0.6 is 34.7 Å².